The van der Waals surface area contributed by atoms with E-state index in [1.54, 1.807) is 12.1 Å². The van der Waals surface area contributed by atoms with Crippen LogP contribution in [-0.2, 0) is 17.1 Å². The van der Waals surface area contributed by atoms with Gasteiger partial charge >= 0.3 is 5.97 Å². The standard InChI is InChI=1S/C7H6O3.ClH.Fe/c8-6-4-2-1-3-5(6)7(9)10;;/h1-4,8H,(H,9,10);1H;. The van der Waals surface area contributed by atoms with Crippen molar-refractivity contribution in [3.63, 3.8) is 0 Å². The van der Waals surface area contributed by atoms with E-state index in [2.05, 4.69) is 0 Å². The van der Waals surface area contributed by atoms with Crippen LogP contribution in [0.25, 0.3) is 0 Å². The summed E-state index contributed by atoms with van der Waals surface area (Å²) >= 11 is 0. The fourth-order valence-electron chi connectivity index (χ4n) is 0.654. The van der Waals surface area contributed by atoms with Gasteiger partial charge in [0, 0.05) is 17.1 Å². The third-order valence-electron chi connectivity index (χ3n) is 1.13. The average molecular weight is 230 g/mol. The largest absolute Gasteiger partial charge is 0.507 e. The molecule has 0 atom stereocenters. The molecule has 0 radical (unpaired) electrons. The Kier molecular flexibility index (Phi) is 6.80. The van der Waals surface area contributed by atoms with Crippen molar-refractivity contribution in [3.05, 3.63) is 29.8 Å². The molecule has 0 spiro atoms. The molecule has 0 bridgehead atoms. The summed E-state index contributed by atoms with van der Waals surface area (Å²) in [6.45, 7) is 0. The van der Waals surface area contributed by atoms with E-state index >= 15 is 0 Å². The first-order valence-corrected chi connectivity index (χ1v) is 2.73. The summed E-state index contributed by atoms with van der Waals surface area (Å²) in [6.07, 6.45) is 0. The molecular formula is C7H7ClFeO3. The monoisotopic (exact) mass is 230 g/mol. The van der Waals surface area contributed by atoms with Crippen molar-refractivity contribution in [2.45, 2.75) is 0 Å². The van der Waals surface area contributed by atoms with E-state index < -0.39 is 5.97 Å². The molecule has 0 aliphatic carbocycles. The van der Waals surface area contributed by atoms with Gasteiger partial charge in [-0.3, -0.25) is 0 Å². The summed E-state index contributed by atoms with van der Waals surface area (Å²) in [5.74, 6) is -1.31. The van der Waals surface area contributed by atoms with Crippen LogP contribution in [0.15, 0.2) is 24.3 Å². The predicted molar refractivity (Wildman–Crippen MR) is 42.3 cm³/mol. The molecule has 0 aliphatic rings. The first kappa shape index (κ1) is 13.9. The Morgan fingerprint density at radius 2 is 1.75 bits per heavy atom. The number of para-hydroxylation sites is 1. The molecule has 0 amide bonds. The summed E-state index contributed by atoms with van der Waals surface area (Å²) in [5, 5.41) is 17.3. The second-order valence-electron chi connectivity index (χ2n) is 1.82. The minimum absolute atomic E-state index is 0. The predicted octanol–water partition coefficient (Wildman–Crippen LogP) is 1.51. The smallest absolute Gasteiger partial charge is 0.339 e. The van der Waals surface area contributed by atoms with Crippen molar-refractivity contribution in [3.8, 4) is 5.75 Å². The van der Waals surface area contributed by atoms with Gasteiger partial charge in [-0.1, -0.05) is 12.1 Å². The average Bonchev–Trinajstić information content (AvgIpc) is 1.88. The summed E-state index contributed by atoms with van der Waals surface area (Å²) < 4.78 is 0. The van der Waals surface area contributed by atoms with Crippen LogP contribution in [0.4, 0.5) is 0 Å². The van der Waals surface area contributed by atoms with Gasteiger partial charge in [0.2, 0.25) is 0 Å². The van der Waals surface area contributed by atoms with Crippen LogP contribution in [-0.4, -0.2) is 16.2 Å². The molecule has 0 saturated carbocycles. The van der Waals surface area contributed by atoms with Crippen molar-refractivity contribution in [1.29, 1.82) is 0 Å². The molecule has 12 heavy (non-hydrogen) atoms. The van der Waals surface area contributed by atoms with Crippen LogP contribution in [0.3, 0.4) is 0 Å². The zero-order chi connectivity index (χ0) is 7.56. The van der Waals surface area contributed by atoms with Gasteiger partial charge < -0.3 is 10.2 Å². The number of phenols is 1. The maximum Gasteiger partial charge on any atom is 0.339 e. The van der Waals surface area contributed by atoms with Crippen molar-refractivity contribution in [2.75, 3.05) is 0 Å². The summed E-state index contributed by atoms with van der Waals surface area (Å²) in [5.41, 5.74) is -0.0671. The summed E-state index contributed by atoms with van der Waals surface area (Å²) in [4.78, 5) is 10.3. The Balaban J connectivity index is 0. The van der Waals surface area contributed by atoms with E-state index in [0.717, 1.165) is 0 Å². The Labute approximate surface area is 86.3 Å². The van der Waals surface area contributed by atoms with E-state index in [4.69, 9.17) is 10.2 Å². The van der Waals surface area contributed by atoms with E-state index in [-0.39, 0.29) is 40.8 Å². The minimum Gasteiger partial charge on any atom is -0.507 e. The van der Waals surface area contributed by atoms with Crippen LogP contribution < -0.4 is 0 Å². The Bertz CT molecular complexity index is 265. The van der Waals surface area contributed by atoms with Gasteiger partial charge in [-0.25, -0.2) is 4.79 Å². The quantitative estimate of drug-likeness (QED) is 0.719. The molecule has 2 N–H and O–H groups in total. The zero-order valence-electron chi connectivity index (χ0n) is 5.87. The fraction of sp³-hybridized carbons (Fsp3) is 0. The maximum atomic E-state index is 10.3. The third-order valence-corrected chi connectivity index (χ3v) is 1.13. The molecule has 3 nitrogen and oxygen atoms in total. The molecule has 0 heterocycles. The Morgan fingerprint density at radius 3 is 2.08 bits per heavy atom. The van der Waals surface area contributed by atoms with Crippen LogP contribution in [0.1, 0.15) is 10.4 Å². The van der Waals surface area contributed by atoms with Crippen LogP contribution in [0.5, 0.6) is 5.75 Å². The third kappa shape index (κ3) is 3.13. The normalized spacial score (nSPS) is 7.67. The van der Waals surface area contributed by atoms with Crippen LogP contribution in [0, 0.1) is 0 Å². The number of carboxylic acid groups (broad SMARTS) is 1. The maximum absolute atomic E-state index is 10.3. The molecule has 5 heteroatoms. The minimum atomic E-state index is -1.11. The van der Waals surface area contributed by atoms with Gasteiger partial charge in [0.25, 0.3) is 0 Å². The fourth-order valence-corrected chi connectivity index (χ4v) is 0.654. The molecule has 1 rings (SSSR count). The van der Waals surface area contributed by atoms with Gasteiger partial charge in [-0.15, -0.1) is 12.4 Å². The number of rotatable bonds is 1. The van der Waals surface area contributed by atoms with Gasteiger partial charge in [0.1, 0.15) is 11.3 Å². The molecule has 1 aromatic rings. The number of carboxylic acids is 1. The molecule has 0 aromatic heterocycles. The van der Waals surface area contributed by atoms with Crippen molar-refractivity contribution < 1.29 is 32.1 Å². The summed E-state index contributed by atoms with van der Waals surface area (Å²) in [6, 6.07) is 5.81. The second-order valence-corrected chi connectivity index (χ2v) is 1.82. The SMILES string of the molecule is Cl.O=C(O)c1ccccc1O.[Fe]. The van der Waals surface area contributed by atoms with E-state index in [1.807, 2.05) is 0 Å². The van der Waals surface area contributed by atoms with E-state index in [1.165, 1.54) is 12.1 Å². The Hall–Kier alpha value is -0.701. The number of benzene rings is 1. The molecule has 0 fully saturated rings. The van der Waals surface area contributed by atoms with Gasteiger partial charge in [0.05, 0.1) is 0 Å². The summed E-state index contributed by atoms with van der Waals surface area (Å²) in [7, 11) is 0. The van der Waals surface area contributed by atoms with Crippen LogP contribution >= 0.6 is 12.4 Å². The number of carbonyl (C=O) groups is 1. The van der Waals surface area contributed by atoms with Crippen molar-refractivity contribution >= 4 is 18.4 Å². The molecule has 0 aliphatic heterocycles. The first-order chi connectivity index (χ1) is 4.72. The van der Waals surface area contributed by atoms with E-state index in [0.29, 0.717) is 0 Å². The zero-order valence-corrected chi connectivity index (χ0v) is 7.79. The van der Waals surface area contributed by atoms with Crippen molar-refractivity contribution in [2.24, 2.45) is 0 Å². The second kappa shape index (κ2) is 5.89. The van der Waals surface area contributed by atoms with Gasteiger partial charge in [0.15, 0.2) is 0 Å². The number of hydrogen-bond donors (Lipinski definition) is 2. The number of aromatic hydroxyl groups is 1. The molecular weight excluding hydrogens is 223 g/mol. The Morgan fingerprint density at radius 1 is 1.25 bits per heavy atom. The van der Waals surface area contributed by atoms with Crippen molar-refractivity contribution in [1.82, 2.24) is 0 Å². The number of halogens is 1. The van der Waals surface area contributed by atoms with Gasteiger partial charge in [-0.2, -0.15) is 0 Å². The van der Waals surface area contributed by atoms with E-state index in [9.17, 15) is 4.79 Å². The number of hydrogen-bond acceptors (Lipinski definition) is 2. The van der Waals surface area contributed by atoms with Gasteiger partial charge in [-0.05, 0) is 12.1 Å². The topological polar surface area (TPSA) is 57.5 Å². The molecule has 68 valence electrons. The molecule has 0 unspecified atom stereocenters. The molecule has 0 saturated heterocycles. The molecule has 1 aromatic carbocycles. The van der Waals surface area contributed by atoms with Crippen LogP contribution in [0.2, 0.25) is 0 Å². The number of aromatic carboxylic acids is 1. The first-order valence-electron chi connectivity index (χ1n) is 2.73.